The molecule has 0 radical (unpaired) electrons. The van der Waals surface area contributed by atoms with Gasteiger partial charge in [-0.25, -0.2) is 4.39 Å². The van der Waals surface area contributed by atoms with Gasteiger partial charge in [0, 0.05) is 18.7 Å². The standard InChI is InChI=1S/C19H20ClFN2O4/c1-26-16-11-13(10-15(20)18(16)27-2)19(25)23-8-7-22-17(24)9-12-3-5-14(21)6-4-12/h3-6,10-11H,7-9H2,1-2H3,(H,22,24)(H,23,25). The predicted molar refractivity (Wildman–Crippen MR) is 100 cm³/mol. The van der Waals surface area contributed by atoms with Crippen LogP contribution < -0.4 is 20.1 Å². The van der Waals surface area contributed by atoms with Crippen molar-refractivity contribution >= 4 is 23.4 Å². The molecule has 0 bridgehead atoms. The van der Waals surface area contributed by atoms with Crippen molar-refractivity contribution in [3.05, 3.63) is 58.4 Å². The molecule has 0 unspecified atom stereocenters. The Bertz CT molecular complexity index is 812. The Morgan fingerprint density at radius 1 is 1.04 bits per heavy atom. The second kappa shape index (κ2) is 9.78. The average molecular weight is 395 g/mol. The van der Waals surface area contributed by atoms with E-state index in [0.717, 1.165) is 0 Å². The minimum Gasteiger partial charge on any atom is -0.493 e. The van der Waals surface area contributed by atoms with Gasteiger partial charge < -0.3 is 20.1 Å². The number of nitrogens with one attached hydrogen (secondary N) is 2. The van der Waals surface area contributed by atoms with Crippen LogP contribution in [-0.4, -0.2) is 39.1 Å². The van der Waals surface area contributed by atoms with E-state index in [9.17, 15) is 14.0 Å². The molecular formula is C19H20ClFN2O4. The molecule has 0 saturated heterocycles. The number of amides is 2. The Labute approximate surface area is 161 Å². The van der Waals surface area contributed by atoms with E-state index < -0.39 is 0 Å². The number of halogens is 2. The molecule has 0 spiro atoms. The second-order valence-corrected chi connectivity index (χ2v) is 6.01. The monoisotopic (exact) mass is 394 g/mol. The largest absolute Gasteiger partial charge is 0.493 e. The molecule has 2 aromatic carbocycles. The third kappa shape index (κ3) is 5.86. The van der Waals surface area contributed by atoms with Crippen molar-refractivity contribution in [1.82, 2.24) is 10.6 Å². The minimum atomic E-state index is -0.356. The zero-order valence-electron chi connectivity index (χ0n) is 15.0. The van der Waals surface area contributed by atoms with Crippen LogP contribution in [0.2, 0.25) is 5.02 Å². The summed E-state index contributed by atoms with van der Waals surface area (Å²) in [6.45, 7) is 0.493. The Balaban J connectivity index is 1.81. The number of ether oxygens (including phenoxy) is 2. The lowest BCUT2D eigenvalue weighted by Gasteiger charge is -2.12. The predicted octanol–water partition coefficient (Wildman–Crippen LogP) is 2.58. The lowest BCUT2D eigenvalue weighted by atomic mass is 10.1. The van der Waals surface area contributed by atoms with E-state index in [1.54, 1.807) is 12.1 Å². The topological polar surface area (TPSA) is 76.7 Å². The summed E-state index contributed by atoms with van der Waals surface area (Å²) in [6.07, 6.45) is 0.138. The van der Waals surface area contributed by atoms with Crippen molar-refractivity contribution in [2.24, 2.45) is 0 Å². The van der Waals surface area contributed by atoms with Crippen LogP contribution in [0.4, 0.5) is 4.39 Å². The molecule has 144 valence electrons. The van der Waals surface area contributed by atoms with Crippen molar-refractivity contribution < 1.29 is 23.5 Å². The van der Waals surface area contributed by atoms with Crippen LogP contribution in [-0.2, 0) is 11.2 Å². The Hall–Kier alpha value is -2.80. The van der Waals surface area contributed by atoms with Gasteiger partial charge in [-0.15, -0.1) is 0 Å². The van der Waals surface area contributed by atoms with Crippen molar-refractivity contribution in [3.63, 3.8) is 0 Å². The second-order valence-electron chi connectivity index (χ2n) is 5.60. The molecule has 2 aromatic rings. The SMILES string of the molecule is COc1cc(C(=O)NCCNC(=O)Cc2ccc(F)cc2)cc(Cl)c1OC. The highest BCUT2D eigenvalue weighted by atomic mass is 35.5. The maximum atomic E-state index is 12.8. The van der Waals surface area contributed by atoms with E-state index in [4.69, 9.17) is 21.1 Å². The summed E-state index contributed by atoms with van der Waals surface area (Å²) in [7, 11) is 2.91. The number of hydrogen-bond acceptors (Lipinski definition) is 4. The molecule has 2 rings (SSSR count). The highest BCUT2D eigenvalue weighted by Gasteiger charge is 2.15. The normalized spacial score (nSPS) is 10.2. The van der Waals surface area contributed by atoms with E-state index in [1.165, 1.54) is 38.5 Å². The molecular weight excluding hydrogens is 375 g/mol. The zero-order valence-corrected chi connectivity index (χ0v) is 15.7. The number of methoxy groups -OCH3 is 2. The van der Waals surface area contributed by atoms with Crippen LogP contribution >= 0.6 is 11.6 Å². The van der Waals surface area contributed by atoms with Crippen LogP contribution in [0.15, 0.2) is 36.4 Å². The first-order valence-corrected chi connectivity index (χ1v) is 8.53. The maximum Gasteiger partial charge on any atom is 0.251 e. The molecule has 2 amide bonds. The summed E-state index contributed by atoms with van der Waals surface area (Å²) in [5.41, 5.74) is 1.02. The fourth-order valence-electron chi connectivity index (χ4n) is 2.38. The van der Waals surface area contributed by atoms with Gasteiger partial charge in [0.15, 0.2) is 11.5 Å². The number of hydrogen-bond donors (Lipinski definition) is 2. The highest BCUT2D eigenvalue weighted by molar-refractivity contribution is 6.32. The van der Waals surface area contributed by atoms with Gasteiger partial charge in [-0.1, -0.05) is 23.7 Å². The van der Waals surface area contributed by atoms with Crippen LogP contribution in [0.25, 0.3) is 0 Å². The van der Waals surface area contributed by atoms with Crippen LogP contribution in [0, 0.1) is 5.82 Å². The Kier molecular flexibility index (Phi) is 7.43. The third-order valence-corrected chi connectivity index (χ3v) is 3.99. The summed E-state index contributed by atoms with van der Waals surface area (Å²) >= 11 is 6.08. The summed E-state index contributed by atoms with van der Waals surface area (Å²) in [6, 6.07) is 8.71. The van der Waals surface area contributed by atoms with Gasteiger partial charge in [-0.05, 0) is 29.8 Å². The van der Waals surface area contributed by atoms with Gasteiger partial charge in [0.05, 0.1) is 25.7 Å². The fourth-order valence-corrected chi connectivity index (χ4v) is 2.67. The van der Waals surface area contributed by atoms with Gasteiger partial charge in [-0.3, -0.25) is 9.59 Å². The maximum absolute atomic E-state index is 12.8. The van der Waals surface area contributed by atoms with Crippen molar-refractivity contribution in [3.8, 4) is 11.5 Å². The number of benzene rings is 2. The zero-order chi connectivity index (χ0) is 19.8. The lowest BCUT2D eigenvalue weighted by Crippen LogP contribution is -2.35. The fraction of sp³-hybridized carbons (Fsp3) is 0.263. The molecule has 0 fully saturated rings. The molecule has 0 atom stereocenters. The Morgan fingerprint density at radius 3 is 2.33 bits per heavy atom. The molecule has 0 saturated carbocycles. The highest BCUT2D eigenvalue weighted by Crippen LogP contribution is 2.35. The minimum absolute atomic E-state index is 0.138. The lowest BCUT2D eigenvalue weighted by molar-refractivity contribution is -0.120. The van der Waals surface area contributed by atoms with Gasteiger partial charge >= 0.3 is 0 Å². The first kappa shape index (κ1) is 20.5. The quantitative estimate of drug-likeness (QED) is 0.675. The summed E-state index contributed by atoms with van der Waals surface area (Å²) < 4.78 is 23.1. The summed E-state index contributed by atoms with van der Waals surface area (Å²) in [5.74, 6) is -0.223. The van der Waals surface area contributed by atoms with E-state index >= 15 is 0 Å². The number of rotatable bonds is 8. The number of carbonyl (C=O) groups is 2. The van der Waals surface area contributed by atoms with Crippen molar-refractivity contribution in [1.29, 1.82) is 0 Å². The van der Waals surface area contributed by atoms with Gasteiger partial charge in [0.1, 0.15) is 5.82 Å². The molecule has 6 nitrogen and oxygen atoms in total. The summed E-state index contributed by atoms with van der Waals surface area (Å²) in [4.78, 5) is 24.1. The van der Waals surface area contributed by atoms with Crippen LogP contribution in [0.3, 0.4) is 0 Å². The molecule has 0 aliphatic rings. The summed E-state index contributed by atoms with van der Waals surface area (Å²) in [5, 5.41) is 5.63. The molecule has 2 N–H and O–H groups in total. The van der Waals surface area contributed by atoms with Gasteiger partial charge in [0.25, 0.3) is 5.91 Å². The van der Waals surface area contributed by atoms with E-state index in [2.05, 4.69) is 10.6 Å². The van der Waals surface area contributed by atoms with Crippen molar-refractivity contribution in [2.45, 2.75) is 6.42 Å². The van der Waals surface area contributed by atoms with Crippen LogP contribution in [0.5, 0.6) is 11.5 Å². The third-order valence-electron chi connectivity index (χ3n) is 3.71. The number of carbonyl (C=O) groups excluding carboxylic acids is 2. The molecule has 0 aliphatic heterocycles. The molecule has 27 heavy (non-hydrogen) atoms. The average Bonchev–Trinajstić information content (AvgIpc) is 2.66. The van der Waals surface area contributed by atoms with Gasteiger partial charge in [-0.2, -0.15) is 0 Å². The smallest absolute Gasteiger partial charge is 0.251 e. The first-order chi connectivity index (χ1) is 12.9. The molecule has 0 aromatic heterocycles. The van der Waals surface area contributed by atoms with Gasteiger partial charge in [0.2, 0.25) is 5.91 Å². The van der Waals surface area contributed by atoms with E-state index in [1.807, 2.05) is 0 Å². The van der Waals surface area contributed by atoms with E-state index in [-0.39, 0.29) is 42.2 Å². The molecule has 0 aliphatic carbocycles. The Morgan fingerprint density at radius 2 is 1.70 bits per heavy atom. The molecule has 8 heteroatoms. The van der Waals surface area contributed by atoms with Crippen molar-refractivity contribution in [2.75, 3.05) is 27.3 Å². The molecule has 0 heterocycles. The first-order valence-electron chi connectivity index (χ1n) is 8.15. The van der Waals surface area contributed by atoms with Crippen LogP contribution in [0.1, 0.15) is 15.9 Å². The van der Waals surface area contributed by atoms with E-state index in [0.29, 0.717) is 22.6 Å².